The summed E-state index contributed by atoms with van der Waals surface area (Å²) in [5.74, 6) is -0.289. The van der Waals surface area contributed by atoms with E-state index in [2.05, 4.69) is 14.7 Å². The number of alkyl halides is 3. The van der Waals surface area contributed by atoms with Gasteiger partial charge < -0.3 is 9.84 Å². The molecular weight excluding hydrogens is 429 g/mol. The molecule has 1 unspecified atom stereocenters. The third-order valence-corrected chi connectivity index (χ3v) is 5.48. The molecule has 31 heavy (non-hydrogen) atoms. The van der Waals surface area contributed by atoms with E-state index >= 15 is 0 Å². The molecule has 2 aromatic carbocycles. The van der Waals surface area contributed by atoms with Gasteiger partial charge in [0.1, 0.15) is 17.7 Å². The molecule has 1 heterocycles. The second kappa shape index (κ2) is 8.13. The molecule has 1 atom stereocenters. The molecule has 3 rings (SSSR count). The van der Waals surface area contributed by atoms with Crippen LogP contribution in [0.1, 0.15) is 37.5 Å². The van der Waals surface area contributed by atoms with Crippen molar-refractivity contribution in [1.82, 2.24) is 9.97 Å². The molecule has 0 saturated carbocycles. The van der Waals surface area contributed by atoms with E-state index in [-0.39, 0.29) is 5.75 Å². The van der Waals surface area contributed by atoms with Crippen LogP contribution in [-0.4, -0.2) is 21.4 Å². The highest BCUT2D eigenvalue weighted by molar-refractivity contribution is 6.31. The van der Waals surface area contributed by atoms with Gasteiger partial charge in [-0.05, 0) is 47.2 Å². The molecule has 0 saturated heterocycles. The van der Waals surface area contributed by atoms with Crippen molar-refractivity contribution in [2.75, 3.05) is 0 Å². The van der Waals surface area contributed by atoms with Crippen molar-refractivity contribution in [2.24, 2.45) is 5.41 Å². The summed E-state index contributed by atoms with van der Waals surface area (Å²) in [5, 5.41) is 12.1. The van der Waals surface area contributed by atoms with Crippen LogP contribution in [0.2, 0.25) is 5.02 Å². The summed E-state index contributed by atoms with van der Waals surface area (Å²) in [6.07, 6.45) is -0.276. The highest BCUT2D eigenvalue weighted by atomic mass is 35.5. The molecule has 0 spiro atoms. The minimum Gasteiger partial charge on any atom is -0.406 e. The first-order chi connectivity index (χ1) is 14.3. The molecule has 4 nitrogen and oxygen atoms in total. The van der Waals surface area contributed by atoms with E-state index in [1.54, 1.807) is 43.6 Å². The minimum absolute atomic E-state index is 0.289. The molecule has 0 fully saturated rings. The minimum atomic E-state index is -4.75. The van der Waals surface area contributed by atoms with Gasteiger partial charge in [-0.15, -0.1) is 13.2 Å². The van der Waals surface area contributed by atoms with Crippen LogP contribution in [0.25, 0.3) is 11.1 Å². The average molecular weight is 451 g/mol. The van der Waals surface area contributed by atoms with Crippen molar-refractivity contribution in [3.8, 4) is 16.9 Å². The lowest BCUT2D eigenvalue weighted by atomic mass is 9.69. The van der Waals surface area contributed by atoms with E-state index in [9.17, 15) is 18.3 Å². The molecule has 164 valence electrons. The van der Waals surface area contributed by atoms with Crippen molar-refractivity contribution >= 4 is 11.6 Å². The van der Waals surface area contributed by atoms with Crippen molar-refractivity contribution < 1.29 is 23.0 Å². The number of hydrogen-bond donors (Lipinski definition) is 1. The lowest BCUT2D eigenvalue weighted by Crippen LogP contribution is -2.41. The molecule has 0 amide bonds. The summed E-state index contributed by atoms with van der Waals surface area (Å²) in [6, 6.07) is 9.29. The number of halogens is 4. The summed E-state index contributed by atoms with van der Waals surface area (Å²) in [6.45, 7) is 7.34. The Bertz CT molecular complexity index is 1080. The van der Waals surface area contributed by atoms with Crippen molar-refractivity contribution in [3.05, 3.63) is 76.8 Å². The molecule has 0 radical (unpaired) electrons. The van der Waals surface area contributed by atoms with Crippen LogP contribution in [0.5, 0.6) is 5.75 Å². The number of rotatable bonds is 4. The van der Waals surface area contributed by atoms with Crippen LogP contribution in [0.15, 0.2) is 55.1 Å². The van der Waals surface area contributed by atoms with Crippen molar-refractivity contribution in [2.45, 2.75) is 39.7 Å². The maximum Gasteiger partial charge on any atom is 0.573 e. The number of hydrogen-bond acceptors (Lipinski definition) is 4. The number of benzene rings is 2. The molecule has 3 aromatic rings. The zero-order valence-electron chi connectivity index (χ0n) is 17.5. The predicted octanol–water partition coefficient (Wildman–Crippen LogP) is 6.29. The summed E-state index contributed by atoms with van der Waals surface area (Å²) >= 11 is 6.62. The van der Waals surface area contributed by atoms with Gasteiger partial charge in [0.2, 0.25) is 0 Å². The largest absolute Gasteiger partial charge is 0.573 e. The topological polar surface area (TPSA) is 55.2 Å². The third kappa shape index (κ3) is 4.67. The molecular formula is C23H22ClF3N2O2. The Balaban J connectivity index is 2.05. The standard InChI is InChI=1S/C23H22ClF3N2O2/c1-14-9-17(31-23(25,26)27)6-7-18(14)15-5-8-19(20(24)10-15)22(30,21(2,3)4)16-11-28-13-29-12-16/h5-13,30H,1-4H3. The molecule has 8 heteroatoms. The lowest BCUT2D eigenvalue weighted by molar-refractivity contribution is -0.274. The Morgan fingerprint density at radius 3 is 2.13 bits per heavy atom. The van der Waals surface area contributed by atoms with Crippen LogP contribution >= 0.6 is 11.6 Å². The monoisotopic (exact) mass is 450 g/mol. The van der Waals surface area contributed by atoms with Crippen LogP contribution < -0.4 is 4.74 Å². The molecule has 0 aliphatic heterocycles. The second-order valence-corrected chi connectivity index (χ2v) is 8.71. The van der Waals surface area contributed by atoms with Crippen LogP contribution in [0.4, 0.5) is 13.2 Å². The predicted molar refractivity (Wildman–Crippen MR) is 113 cm³/mol. The Labute approximate surface area is 183 Å². The number of nitrogens with zero attached hydrogens (tertiary/aromatic N) is 2. The second-order valence-electron chi connectivity index (χ2n) is 8.31. The van der Waals surface area contributed by atoms with E-state index in [0.29, 0.717) is 32.8 Å². The van der Waals surface area contributed by atoms with Gasteiger partial charge in [-0.1, -0.05) is 50.6 Å². The first-order valence-electron chi connectivity index (χ1n) is 9.47. The number of ether oxygens (including phenoxy) is 1. The maximum atomic E-state index is 12.5. The third-order valence-electron chi connectivity index (χ3n) is 5.17. The van der Waals surface area contributed by atoms with Crippen LogP contribution in [0, 0.1) is 12.3 Å². The van der Waals surface area contributed by atoms with E-state index in [4.69, 9.17) is 11.6 Å². The van der Waals surface area contributed by atoms with Gasteiger partial charge >= 0.3 is 6.36 Å². The van der Waals surface area contributed by atoms with Gasteiger partial charge in [-0.25, -0.2) is 9.97 Å². The van der Waals surface area contributed by atoms with E-state index < -0.39 is 17.4 Å². The Hall–Kier alpha value is -2.64. The highest BCUT2D eigenvalue weighted by Crippen LogP contribution is 2.47. The summed E-state index contributed by atoms with van der Waals surface area (Å²) in [4.78, 5) is 8.05. The highest BCUT2D eigenvalue weighted by Gasteiger charge is 2.45. The van der Waals surface area contributed by atoms with Gasteiger partial charge in [0.05, 0.1) is 0 Å². The zero-order chi connectivity index (χ0) is 23.0. The van der Waals surface area contributed by atoms with Crippen LogP contribution in [0.3, 0.4) is 0 Å². The first kappa shape index (κ1) is 23.0. The Kier molecular flexibility index (Phi) is 6.04. The fourth-order valence-corrected chi connectivity index (χ4v) is 3.93. The maximum absolute atomic E-state index is 12.5. The molecule has 1 aromatic heterocycles. The Morgan fingerprint density at radius 1 is 0.968 bits per heavy atom. The smallest absolute Gasteiger partial charge is 0.406 e. The average Bonchev–Trinajstić information content (AvgIpc) is 2.66. The number of aliphatic hydroxyl groups is 1. The number of aromatic nitrogens is 2. The summed E-state index contributed by atoms with van der Waals surface area (Å²) < 4.78 is 41.4. The normalized spacial score (nSPS) is 14.2. The van der Waals surface area contributed by atoms with Crippen molar-refractivity contribution in [1.29, 1.82) is 0 Å². The van der Waals surface area contributed by atoms with Gasteiger partial charge in [0.25, 0.3) is 0 Å². The Morgan fingerprint density at radius 2 is 1.61 bits per heavy atom. The van der Waals surface area contributed by atoms with E-state index in [1.165, 1.54) is 18.5 Å². The van der Waals surface area contributed by atoms with Crippen molar-refractivity contribution in [3.63, 3.8) is 0 Å². The van der Waals surface area contributed by atoms with Gasteiger partial charge in [-0.3, -0.25) is 0 Å². The van der Waals surface area contributed by atoms with Gasteiger partial charge in [0, 0.05) is 28.5 Å². The molecule has 1 N–H and O–H groups in total. The van der Waals surface area contributed by atoms with Gasteiger partial charge in [0.15, 0.2) is 0 Å². The number of aryl methyl sites for hydroxylation is 1. The fraction of sp³-hybridized carbons (Fsp3) is 0.304. The summed E-state index contributed by atoms with van der Waals surface area (Å²) in [7, 11) is 0. The fourth-order valence-electron chi connectivity index (χ4n) is 3.61. The molecule has 0 aliphatic carbocycles. The van der Waals surface area contributed by atoms with Gasteiger partial charge in [-0.2, -0.15) is 0 Å². The molecule has 0 bridgehead atoms. The zero-order valence-corrected chi connectivity index (χ0v) is 18.2. The van der Waals surface area contributed by atoms with E-state index in [1.807, 2.05) is 20.8 Å². The molecule has 0 aliphatic rings. The summed E-state index contributed by atoms with van der Waals surface area (Å²) in [5.41, 5.74) is 0.860. The lowest BCUT2D eigenvalue weighted by Gasteiger charge is -2.41. The quantitative estimate of drug-likeness (QED) is 0.507. The first-order valence-corrected chi connectivity index (χ1v) is 9.85. The van der Waals surface area contributed by atoms with Crippen LogP contribution in [-0.2, 0) is 5.60 Å². The SMILES string of the molecule is Cc1cc(OC(F)(F)F)ccc1-c1ccc(C(O)(c2cncnc2)C(C)(C)C)c(Cl)c1. The van der Waals surface area contributed by atoms with E-state index in [0.717, 1.165) is 0 Å².